The largest absolute Gasteiger partial charge is 0.454 e. The van der Waals surface area contributed by atoms with E-state index in [4.69, 9.17) is 4.74 Å². The minimum atomic E-state index is -0.338. The zero-order chi connectivity index (χ0) is 12.8. The summed E-state index contributed by atoms with van der Waals surface area (Å²) in [5.41, 5.74) is 1.22. The van der Waals surface area contributed by atoms with Crippen molar-refractivity contribution in [2.24, 2.45) is 0 Å². The molecule has 0 amide bonds. The van der Waals surface area contributed by atoms with Gasteiger partial charge in [-0.05, 0) is 47.1 Å². The molecule has 0 radical (unpaired) electrons. The Morgan fingerprint density at radius 2 is 1.89 bits per heavy atom. The van der Waals surface area contributed by atoms with Gasteiger partial charge in [0, 0.05) is 0 Å². The quantitative estimate of drug-likeness (QED) is 0.542. The van der Waals surface area contributed by atoms with Gasteiger partial charge in [-0.2, -0.15) is 0 Å². The van der Waals surface area contributed by atoms with Crippen LogP contribution in [0.5, 0.6) is 11.5 Å². The maximum atomic E-state index is 13.5. The molecule has 0 atom stereocenters. The van der Waals surface area contributed by atoms with Gasteiger partial charge in [-0.15, -0.1) is 0 Å². The number of ether oxygens (including phenoxy) is 1. The van der Waals surface area contributed by atoms with Gasteiger partial charge in [0.25, 0.3) is 0 Å². The first-order chi connectivity index (χ1) is 8.79. The number of hydrogen-bond acceptors (Lipinski definition) is 1. The Morgan fingerprint density at radius 1 is 1.06 bits per heavy atom. The molecule has 0 aliphatic carbocycles. The summed E-state index contributed by atoms with van der Waals surface area (Å²) >= 11 is 2.37. The number of benzene rings is 2. The fraction of sp³-hybridized carbons (Fsp3) is 0.200. The van der Waals surface area contributed by atoms with E-state index in [1.165, 1.54) is 11.6 Å². The summed E-state index contributed by atoms with van der Waals surface area (Å²) in [6.07, 6.45) is 2.17. The molecule has 2 aromatic rings. The average Bonchev–Trinajstić information content (AvgIpc) is 2.40. The molecule has 0 aromatic heterocycles. The van der Waals surface area contributed by atoms with E-state index in [2.05, 4.69) is 28.7 Å². The second-order valence-corrected chi connectivity index (χ2v) is 5.05. The van der Waals surface area contributed by atoms with E-state index in [1.54, 1.807) is 18.2 Å². The van der Waals surface area contributed by atoms with Gasteiger partial charge in [0.15, 0.2) is 11.6 Å². The van der Waals surface area contributed by atoms with Gasteiger partial charge in [0.2, 0.25) is 0 Å². The maximum Gasteiger partial charge on any atom is 0.165 e. The Morgan fingerprint density at radius 3 is 2.67 bits per heavy atom. The molecule has 18 heavy (non-hydrogen) atoms. The van der Waals surface area contributed by atoms with Crippen LogP contribution in [0.2, 0.25) is 0 Å². The molecule has 0 spiro atoms. The van der Waals surface area contributed by atoms with Gasteiger partial charge in [-0.25, -0.2) is 4.39 Å². The van der Waals surface area contributed by atoms with E-state index in [9.17, 15) is 4.39 Å². The summed E-state index contributed by atoms with van der Waals surface area (Å²) in [7, 11) is 0. The summed E-state index contributed by atoms with van der Waals surface area (Å²) < 4.78 is 20.1. The Labute approximate surface area is 120 Å². The Kier molecular flexibility index (Phi) is 4.99. The molecule has 0 N–H and O–H groups in total. The van der Waals surface area contributed by atoms with Gasteiger partial charge in [0.05, 0.1) is 0 Å². The molecule has 0 bridgehead atoms. The second kappa shape index (κ2) is 6.73. The van der Waals surface area contributed by atoms with Crippen molar-refractivity contribution < 1.29 is 9.13 Å². The molecule has 0 fully saturated rings. The highest BCUT2D eigenvalue weighted by Gasteiger charge is 2.03. The van der Waals surface area contributed by atoms with Crippen molar-refractivity contribution in [3.05, 3.63) is 59.9 Å². The molecule has 0 aliphatic rings. The van der Waals surface area contributed by atoms with E-state index in [-0.39, 0.29) is 11.6 Å². The maximum absolute atomic E-state index is 13.5. The lowest BCUT2D eigenvalue weighted by Gasteiger charge is -2.08. The van der Waals surface area contributed by atoms with Crippen molar-refractivity contribution >= 4 is 22.6 Å². The molecule has 0 saturated heterocycles. The summed E-state index contributed by atoms with van der Waals surface area (Å²) in [6, 6.07) is 14.3. The van der Waals surface area contributed by atoms with E-state index in [0.717, 1.165) is 17.3 Å². The van der Waals surface area contributed by atoms with Crippen molar-refractivity contribution in [1.82, 2.24) is 0 Å². The molecule has 2 rings (SSSR count). The topological polar surface area (TPSA) is 9.23 Å². The standard InChI is InChI=1S/C15H14FIO/c16-14-8-1-2-9-15(14)18-13-7-3-5-12(11-13)6-4-10-17/h1-3,5,7-9,11H,4,6,10H2. The van der Waals surface area contributed by atoms with Crippen LogP contribution in [0.4, 0.5) is 4.39 Å². The summed E-state index contributed by atoms with van der Waals surface area (Å²) in [5.74, 6) is 0.616. The smallest absolute Gasteiger partial charge is 0.165 e. The van der Waals surface area contributed by atoms with Gasteiger partial charge in [0.1, 0.15) is 5.75 Å². The highest BCUT2D eigenvalue weighted by Crippen LogP contribution is 2.25. The number of aryl methyl sites for hydroxylation is 1. The van der Waals surface area contributed by atoms with Crippen LogP contribution < -0.4 is 4.74 Å². The minimum absolute atomic E-state index is 0.267. The SMILES string of the molecule is Fc1ccccc1Oc1cccc(CCCI)c1. The fourth-order valence-electron chi connectivity index (χ4n) is 1.69. The van der Waals surface area contributed by atoms with E-state index in [1.807, 2.05) is 18.2 Å². The average molecular weight is 356 g/mol. The van der Waals surface area contributed by atoms with Gasteiger partial charge in [-0.1, -0.05) is 46.9 Å². The van der Waals surface area contributed by atoms with Crippen molar-refractivity contribution in [2.45, 2.75) is 12.8 Å². The van der Waals surface area contributed by atoms with Crippen LogP contribution in [0.3, 0.4) is 0 Å². The number of para-hydroxylation sites is 1. The number of hydrogen-bond donors (Lipinski definition) is 0. The minimum Gasteiger partial charge on any atom is -0.454 e. The Hall–Kier alpha value is -1.10. The molecule has 3 heteroatoms. The highest BCUT2D eigenvalue weighted by molar-refractivity contribution is 14.1. The molecule has 0 saturated carbocycles. The molecule has 0 aliphatic heterocycles. The zero-order valence-corrected chi connectivity index (χ0v) is 12.1. The first-order valence-corrected chi connectivity index (χ1v) is 7.39. The van der Waals surface area contributed by atoms with E-state index >= 15 is 0 Å². The lowest BCUT2D eigenvalue weighted by Crippen LogP contribution is -1.90. The van der Waals surface area contributed by atoms with Gasteiger partial charge < -0.3 is 4.74 Å². The molecular weight excluding hydrogens is 342 g/mol. The third-order valence-electron chi connectivity index (χ3n) is 2.56. The molecule has 0 heterocycles. The van der Waals surface area contributed by atoms with E-state index < -0.39 is 0 Å². The van der Waals surface area contributed by atoms with Crippen LogP contribution in [0, 0.1) is 5.82 Å². The number of rotatable bonds is 5. The van der Waals surface area contributed by atoms with Crippen LogP contribution in [-0.2, 0) is 6.42 Å². The normalized spacial score (nSPS) is 10.3. The van der Waals surface area contributed by atoms with E-state index in [0.29, 0.717) is 5.75 Å². The first-order valence-electron chi connectivity index (χ1n) is 5.87. The number of alkyl halides is 1. The van der Waals surface area contributed by atoms with Crippen LogP contribution in [0.1, 0.15) is 12.0 Å². The van der Waals surface area contributed by atoms with Crippen LogP contribution in [0.15, 0.2) is 48.5 Å². The molecule has 0 unspecified atom stereocenters. The molecule has 1 nitrogen and oxygen atoms in total. The Balaban J connectivity index is 2.12. The monoisotopic (exact) mass is 356 g/mol. The van der Waals surface area contributed by atoms with Gasteiger partial charge >= 0.3 is 0 Å². The van der Waals surface area contributed by atoms with Crippen molar-refractivity contribution in [3.8, 4) is 11.5 Å². The highest BCUT2D eigenvalue weighted by atomic mass is 127. The lowest BCUT2D eigenvalue weighted by molar-refractivity contribution is 0.442. The van der Waals surface area contributed by atoms with Crippen molar-refractivity contribution in [1.29, 1.82) is 0 Å². The Bertz CT molecular complexity index is 513. The van der Waals surface area contributed by atoms with Crippen LogP contribution in [0.25, 0.3) is 0 Å². The van der Waals surface area contributed by atoms with Crippen LogP contribution >= 0.6 is 22.6 Å². The molecule has 2 aromatic carbocycles. The molecular formula is C15H14FIO. The second-order valence-electron chi connectivity index (χ2n) is 3.97. The lowest BCUT2D eigenvalue weighted by atomic mass is 10.1. The third-order valence-corrected chi connectivity index (χ3v) is 3.32. The van der Waals surface area contributed by atoms with Crippen molar-refractivity contribution in [3.63, 3.8) is 0 Å². The number of halogens is 2. The fourth-order valence-corrected chi connectivity index (χ4v) is 2.07. The first kappa shape index (κ1) is 13.3. The zero-order valence-electron chi connectivity index (χ0n) is 9.90. The summed E-state index contributed by atoms with van der Waals surface area (Å²) in [4.78, 5) is 0. The predicted molar refractivity (Wildman–Crippen MR) is 80.1 cm³/mol. The third kappa shape index (κ3) is 3.70. The summed E-state index contributed by atoms with van der Waals surface area (Å²) in [5, 5.41) is 0. The summed E-state index contributed by atoms with van der Waals surface area (Å²) in [6.45, 7) is 0. The van der Waals surface area contributed by atoms with Gasteiger partial charge in [-0.3, -0.25) is 0 Å². The predicted octanol–water partition coefficient (Wildman–Crippen LogP) is 4.99. The van der Waals surface area contributed by atoms with Crippen LogP contribution in [-0.4, -0.2) is 4.43 Å². The van der Waals surface area contributed by atoms with Crippen molar-refractivity contribution in [2.75, 3.05) is 4.43 Å². The molecule has 94 valence electrons.